The van der Waals surface area contributed by atoms with Gasteiger partial charge in [0, 0.05) is 24.5 Å². The predicted molar refractivity (Wildman–Crippen MR) is 82.1 cm³/mol. The van der Waals surface area contributed by atoms with Crippen molar-refractivity contribution in [3.05, 3.63) is 18.0 Å². The molecule has 0 aliphatic heterocycles. The van der Waals surface area contributed by atoms with E-state index in [0.29, 0.717) is 11.4 Å². The predicted octanol–water partition coefficient (Wildman–Crippen LogP) is 2.37. The van der Waals surface area contributed by atoms with E-state index in [1.807, 2.05) is 6.92 Å². The van der Waals surface area contributed by atoms with Gasteiger partial charge in [-0.1, -0.05) is 26.7 Å². The van der Waals surface area contributed by atoms with Crippen molar-refractivity contribution in [3.63, 3.8) is 0 Å². The highest BCUT2D eigenvalue weighted by Crippen LogP contribution is 2.12. The van der Waals surface area contributed by atoms with E-state index in [0.717, 1.165) is 37.9 Å². The zero-order valence-corrected chi connectivity index (χ0v) is 13.5. The summed E-state index contributed by atoms with van der Waals surface area (Å²) < 4.78 is 27.1. The lowest BCUT2D eigenvalue weighted by molar-refractivity contribution is 0.534. The minimum Gasteiger partial charge on any atom is -0.363 e. The monoisotopic (exact) mass is 301 g/mol. The fourth-order valence-electron chi connectivity index (χ4n) is 1.98. The molecule has 0 amide bonds. The van der Waals surface area contributed by atoms with Gasteiger partial charge in [-0.2, -0.15) is 0 Å². The van der Waals surface area contributed by atoms with Gasteiger partial charge in [-0.05, 0) is 32.4 Å². The first-order valence-electron chi connectivity index (χ1n) is 7.40. The van der Waals surface area contributed by atoms with Gasteiger partial charge >= 0.3 is 0 Å². The Kier molecular flexibility index (Phi) is 7.26. The summed E-state index contributed by atoms with van der Waals surface area (Å²) in [7, 11) is -3.41. The SMILES string of the molecule is CCCCC(C)NS(=O)(=O)c1c[nH]c(CNCCC)c1. The number of sulfonamides is 1. The van der Waals surface area contributed by atoms with E-state index >= 15 is 0 Å². The lowest BCUT2D eigenvalue weighted by Gasteiger charge is -2.12. The fourth-order valence-corrected chi connectivity index (χ4v) is 3.27. The largest absolute Gasteiger partial charge is 0.363 e. The third-order valence-corrected chi connectivity index (χ3v) is 4.68. The van der Waals surface area contributed by atoms with Gasteiger partial charge in [0.25, 0.3) is 0 Å². The van der Waals surface area contributed by atoms with E-state index in [4.69, 9.17) is 0 Å². The highest BCUT2D eigenvalue weighted by Gasteiger charge is 2.18. The molecule has 0 aliphatic carbocycles. The van der Waals surface area contributed by atoms with E-state index < -0.39 is 10.0 Å². The van der Waals surface area contributed by atoms with Crippen molar-refractivity contribution in [1.29, 1.82) is 0 Å². The molecule has 3 N–H and O–H groups in total. The van der Waals surface area contributed by atoms with Crippen molar-refractivity contribution >= 4 is 10.0 Å². The van der Waals surface area contributed by atoms with Gasteiger partial charge in [0.2, 0.25) is 10.0 Å². The first-order chi connectivity index (χ1) is 9.49. The van der Waals surface area contributed by atoms with E-state index in [9.17, 15) is 8.42 Å². The van der Waals surface area contributed by atoms with Gasteiger partial charge in [0.1, 0.15) is 0 Å². The van der Waals surface area contributed by atoms with Crippen molar-refractivity contribution in [2.24, 2.45) is 0 Å². The molecule has 0 spiro atoms. The smallest absolute Gasteiger partial charge is 0.242 e. The Labute approximate surface area is 122 Å². The van der Waals surface area contributed by atoms with Crippen molar-refractivity contribution in [2.75, 3.05) is 6.54 Å². The maximum absolute atomic E-state index is 12.2. The van der Waals surface area contributed by atoms with Crippen LogP contribution in [0, 0.1) is 0 Å². The Bertz CT molecular complexity index is 482. The zero-order chi connectivity index (χ0) is 15.0. The number of hydrogen-bond acceptors (Lipinski definition) is 3. The van der Waals surface area contributed by atoms with Gasteiger partial charge < -0.3 is 10.3 Å². The molecule has 5 nitrogen and oxygen atoms in total. The van der Waals surface area contributed by atoms with Crippen molar-refractivity contribution in [2.45, 2.75) is 63.9 Å². The zero-order valence-electron chi connectivity index (χ0n) is 12.7. The molecule has 1 atom stereocenters. The molecule has 1 aromatic rings. The molecule has 1 aromatic heterocycles. The molecule has 1 unspecified atom stereocenters. The molecule has 0 aromatic carbocycles. The summed E-state index contributed by atoms with van der Waals surface area (Å²) in [5.41, 5.74) is 0.889. The quantitative estimate of drug-likeness (QED) is 0.581. The number of rotatable bonds is 10. The summed E-state index contributed by atoms with van der Waals surface area (Å²) in [5.74, 6) is 0. The van der Waals surface area contributed by atoms with Crippen LogP contribution in [0.4, 0.5) is 0 Å². The molecular weight excluding hydrogens is 274 g/mol. The maximum atomic E-state index is 12.2. The molecule has 0 saturated heterocycles. The second-order valence-electron chi connectivity index (χ2n) is 5.20. The summed E-state index contributed by atoms with van der Waals surface area (Å²) in [6.07, 6.45) is 5.58. The summed E-state index contributed by atoms with van der Waals surface area (Å²) in [6, 6.07) is 1.66. The van der Waals surface area contributed by atoms with Crippen LogP contribution >= 0.6 is 0 Å². The number of aromatic nitrogens is 1. The van der Waals surface area contributed by atoms with Gasteiger partial charge in [-0.3, -0.25) is 0 Å². The average Bonchev–Trinajstić information content (AvgIpc) is 2.86. The van der Waals surface area contributed by atoms with Crippen LogP contribution < -0.4 is 10.0 Å². The van der Waals surface area contributed by atoms with Crippen LogP contribution in [0.1, 0.15) is 52.1 Å². The molecule has 1 rings (SSSR count). The topological polar surface area (TPSA) is 74.0 Å². The summed E-state index contributed by atoms with van der Waals surface area (Å²) in [4.78, 5) is 3.32. The number of hydrogen-bond donors (Lipinski definition) is 3. The van der Waals surface area contributed by atoms with Crippen molar-refractivity contribution < 1.29 is 8.42 Å². The molecule has 116 valence electrons. The second kappa shape index (κ2) is 8.44. The number of nitrogens with one attached hydrogen (secondary N) is 3. The Hall–Kier alpha value is -0.850. The van der Waals surface area contributed by atoms with E-state index in [2.05, 4.69) is 28.9 Å². The Balaban J connectivity index is 2.59. The Morgan fingerprint density at radius 2 is 2.05 bits per heavy atom. The van der Waals surface area contributed by atoms with E-state index in [1.54, 1.807) is 12.3 Å². The van der Waals surface area contributed by atoms with Crippen LogP contribution in [0.2, 0.25) is 0 Å². The lowest BCUT2D eigenvalue weighted by atomic mass is 10.2. The van der Waals surface area contributed by atoms with Gasteiger partial charge in [0.15, 0.2) is 0 Å². The average molecular weight is 301 g/mol. The van der Waals surface area contributed by atoms with Crippen molar-refractivity contribution in [3.8, 4) is 0 Å². The highest BCUT2D eigenvalue weighted by molar-refractivity contribution is 7.89. The summed E-state index contributed by atoms with van der Waals surface area (Å²) in [5, 5.41) is 3.24. The van der Waals surface area contributed by atoms with Crippen LogP contribution in [0.5, 0.6) is 0 Å². The molecule has 1 heterocycles. The van der Waals surface area contributed by atoms with Gasteiger partial charge in [0.05, 0.1) is 4.90 Å². The highest BCUT2D eigenvalue weighted by atomic mass is 32.2. The van der Waals surface area contributed by atoms with Crippen LogP contribution in [-0.4, -0.2) is 26.0 Å². The standard InChI is InChI=1S/C14H27N3O2S/c1-4-6-7-12(3)17-20(18,19)14-9-13(16-11-14)10-15-8-5-2/h9,11-12,15-17H,4-8,10H2,1-3H3. The van der Waals surface area contributed by atoms with Crippen LogP contribution in [0.25, 0.3) is 0 Å². The van der Waals surface area contributed by atoms with Crippen LogP contribution in [0.15, 0.2) is 17.2 Å². The molecule has 0 aliphatic rings. The van der Waals surface area contributed by atoms with Gasteiger partial charge in [-0.15, -0.1) is 0 Å². The fraction of sp³-hybridized carbons (Fsp3) is 0.714. The molecular formula is C14H27N3O2S. The Morgan fingerprint density at radius 1 is 1.30 bits per heavy atom. The third kappa shape index (κ3) is 5.64. The first-order valence-corrected chi connectivity index (χ1v) is 8.88. The molecule has 20 heavy (non-hydrogen) atoms. The minimum absolute atomic E-state index is 0.0310. The lowest BCUT2D eigenvalue weighted by Crippen LogP contribution is -2.32. The van der Waals surface area contributed by atoms with Crippen LogP contribution in [-0.2, 0) is 16.6 Å². The van der Waals surface area contributed by atoms with E-state index in [1.165, 1.54) is 0 Å². The minimum atomic E-state index is -3.41. The molecule has 0 saturated carbocycles. The van der Waals surface area contributed by atoms with Crippen molar-refractivity contribution in [1.82, 2.24) is 15.0 Å². The first kappa shape index (κ1) is 17.2. The molecule has 0 radical (unpaired) electrons. The number of unbranched alkanes of at least 4 members (excludes halogenated alkanes) is 1. The van der Waals surface area contributed by atoms with Gasteiger partial charge in [-0.25, -0.2) is 13.1 Å². The molecule has 0 bridgehead atoms. The summed E-state index contributed by atoms with van der Waals surface area (Å²) in [6.45, 7) is 7.69. The number of aromatic amines is 1. The normalized spacial score (nSPS) is 13.6. The number of H-pyrrole nitrogens is 1. The third-order valence-electron chi connectivity index (χ3n) is 3.12. The van der Waals surface area contributed by atoms with Crippen LogP contribution in [0.3, 0.4) is 0 Å². The van der Waals surface area contributed by atoms with E-state index in [-0.39, 0.29) is 6.04 Å². The summed E-state index contributed by atoms with van der Waals surface area (Å²) >= 11 is 0. The maximum Gasteiger partial charge on any atom is 0.242 e. The molecule has 0 fully saturated rings. The Morgan fingerprint density at radius 3 is 2.70 bits per heavy atom. The second-order valence-corrected chi connectivity index (χ2v) is 6.92. The molecule has 6 heteroatoms.